The van der Waals surface area contributed by atoms with E-state index in [1.54, 1.807) is 0 Å². The molecule has 0 bridgehead atoms. The molecule has 3 nitrogen and oxygen atoms in total. The van der Waals surface area contributed by atoms with Crippen molar-refractivity contribution in [2.75, 3.05) is 11.5 Å². The number of benzene rings is 1. The van der Waals surface area contributed by atoms with Gasteiger partial charge in [-0.25, -0.2) is 0 Å². The maximum atomic E-state index is 11.3. The van der Waals surface area contributed by atoms with Crippen LogP contribution in [0.1, 0.15) is 0 Å². The van der Waals surface area contributed by atoms with Crippen molar-refractivity contribution >= 4 is 29.3 Å². The second-order valence-electron chi connectivity index (χ2n) is 3.61. The zero-order chi connectivity index (χ0) is 10.9. The summed E-state index contributed by atoms with van der Waals surface area (Å²) in [7, 11) is -3.00. The molecule has 0 radical (unpaired) electrons. The van der Waals surface area contributed by atoms with Crippen LogP contribution in [0.2, 0.25) is 4.82 Å². The molecule has 15 heavy (non-hydrogen) atoms. The molecule has 1 aliphatic rings. The first kappa shape index (κ1) is 11.1. The molecule has 0 aliphatic carbocycles. The predicted molar refractivity (Wildman–Crippen MR) is 60.2 cm³/mol. The predicted octanol–water partition coefficient (Wildman–Crippen LogP) is -0.406. The van der Waals surface area contributed by atoms with Gasteiger partial charge in [-0.3, -0.25) is 0 Å². The number of hydrogen-bond acceptors (Lipinski definition) is 3. The molecule has 1 saturated heterocycles. The molecule has 1 aromatic rings. The van der Waals surface area contributed by atoms with Crippen molar-refractivity contribution in [2.45, 2.75) is 10.9 Å². The first-order valence-corrected chi connectivity index (χ1v) is 8.34. The third-order valence-electron chi connectivity index (χ3n) is 2.30. The van der Waals surface area contributed by atoms with Crippen molar-refractivity contribution < 1.29 is 13.5 Å². The van der Waals surface area contributed by atoms with Gasteiger partial charge >= 0.3 is 95.5 Å². The van der Waals surface area contributed by atoms with E-state index in [4.69, 9.17) is 0 Å². The minimum absolute atomic E-state index is 0.0459. The van der Waals surface area contributed by atoms with Crippen LogP contribution in [-0.2, 0) is 9.84 Å². The van der Waals surface area contributed by atoms with Gasteiger partial charge < -0.3 is 0 Å². The standard InChI is InChI=1S/C10H12O3SSe/c11-9-6-14(12,13)7-10(9)15-8-4-2-1-3-5-8/h1-5,9-11H,6-7H2/t9-,10-/m1/s1. The third kappa shape index (κ3) is 2.82. The van der Waals surface area contributed by atoms with E-state index in [1.807, 2.05) is 30.3 Å². The van der Waals surface area contributed by atoms with Gasteiger partial charge in [-0.1, -0.05) is 0 Å². The second-order valence-corrected chi connectivity index (χ2v) is 8.52. The van der Waals surface area contributed by atoms with Crippen LogP contribution in [0.15, 0.2) is 30.3 Å². The Morgan fingerprint density at radius 2 is 1.87 bits per heavy atom. The summed E-state index contributed by atoms with van der Waals surface area (Å²) >= 11 is 0.0459. The van der Waals surface area contributed by atoms with E-state index in [0.717, 1.165) is 4.46 Å². The van der Waals surface area contributed by atoms with E-state index < -0.39 is 15.9 Å². The van der Waals surface area contributed by atoms with Gasteiger partial charge in [0.2, 0.25) is 0 Å². The van der Waals surface area contributed by atoms with Crippen molar-refractivity contribution in [3.05, 3.63) is 30.3 Å². The van der Waals surface area contributed by atoms with E-state index in [2.05, 4.69) is 0 Å². The van der Waals surface area contributed by atoms with E-state index in [0.29, 0.717) is 0 Å². The van der Waals surface area contributed by atoms with Gasteiger partial charge in [0, 0.05) is 0 Å². The van der Waals surface area contributed by atoms with Crippen molar-refractivity contribution in [1.82, 2.24) is 0 Å². The fraction of sp³-hybridized carbons (Fsp3) is 0.400. The molecule has 2 atom stereocenters. The molecule has 0 saturated carbocycles. The quantitative estimate of drug-likeness (QED) is 0.754. The number of aliphatic hydroxyl groups is 1. The van der Waals surface area contributed by atoms with Crippen molar-refractivity contribution in [3.63, 3.8) is 0 Å². The van der Waals surface area contributed by atoms with E-state index >= 15 is 0 Å². The summed E-state index contributed by atoms with van der Waals surface area (Å²) < 4.78 is 23.7. The van der Waals surface area contributed by atoms with Crippen LogP contribution in [-0.4, -0.2) is 46.1 Å². The number of sulfone groups is 1. The summed E-state index contributed by atoms with van der Waals surface area (Å²) in [6.45, 7) is 0. The summed E-state index contributed by atoms with van der Waals surface area (Å²) in [6, 6.07) is 9.77. The normalized spacial score (nSPS) is 29.1. The van der Waals surface area contributed by atoms with Crippen molar-refractivity contribution in [2.24, 2.45) is 0 Å². The van der Waals surface area contributed by atoms with Crippen LogP contribution in [0, 0.1) is 0 Å². The van der Waals surface area contributed by atoms with Gasteiger partial charge in [0.05, 0.1) is 0 Å². The zero-order valence-corrected chi connectivity index (χ0v) is 10.6. The number of aliphatic hydroxyl groups excluding tert-OH is 1. The molecule has 1 aromatic carbocycles. The van der Waals surface area contributed by atoms with Gasteiger partial charge in [-0.2, -0.15) is 0 Å². The molecule has 1 aliphatic heterocycles. The Balaban J connectivity index is 2.08. The molecule has 0 aromatic heterocycles. The molecule has 1 fully saturated rings. The summed E-state index contributed by atoms with van der Waals surface area (Å²) in [5, 5.41) is 9.62. The van der Waals surface area contributed by atoms with Gasteiger partial charge in [-0.05, 0) is 0 Å². The molecule has 0 spiro atoms. The SMILES string of the molecule is O=S1(=O)C[C@@H](O)[C@H]([Se]c2ccccc2)C1. The van der Waals surface area contributed by atoms with Crippen LogP contribution in [0.5, 0.6) is 0 Å². The van der Waals surface area contributed by atoms with E-state index in [1.165, 1.54) is 0 Å². The Morgan fingerprint density at radius 3 is 2.40 bits per heavy atom. The third-order valence-corrected chi connectivity index (χ3v) is 7.28. The van der Waals surface area contributed by atoms with Crippen LogP contribution in [0.4, 0.5) is 0 Å². The molecule has 1 heterocycles. The maximum absolute atomic E-state index is 11.3. The molecule has 1 N–H and O–H groups in total. The van der Waals surface area contributed by atoms with Gasteiger partial charge in [0.1, 0.15) is 0 Å². The molecule has 0 unspecified atom stereocenters. The number of hydrogen-bond donors (Lipinski definition) is 1. The minimum atomic E-state index is -3.00. The van der Waals surface area contributed by atoms with Crippen molar-refractivity contribution in [3.8, 4) is 0 Å². The fourth-order valence-corrected chi connectivity index (χ4v) is 7.20. The molecule has 2 rings (SSSR count). The summed E-state index contributed by atoms with van der Waals surface area (Å²) in [4.78, 5) is -0.0788. The summed E-state index contributed by atoms with van der Waals surface area (Å²) in [5.74, 6) is 0.0787. The number of rotatable bonds is 2. The monoisotopic (exact) mass is 292 g/mol. The average Bonchev–Trinajstić information content (AvgIpc) is 2.41. The van der Waals surface area contributed by atoms with Gasteiger partial charge in [-0.15, -0.1) is 0 Å². The fourth-order valence-electron chi connectivity index (χ4n) is 1.58. The zero-order valence-electron chi connectivity index (χ0n) is 8.04. The molecule has 0 amide bonds. The van der Waals surface area contributed by atoms with Crippen molar-refractivity contribution in [1.29, 1.82) is 0 Å². The Hall–Kier alpha value is -0.351. The Labute approximate surface area is 95.6 Å². The van der Waals surface area contributed by atoms with Crippen LogP contribution < -0.4 is 4.46 Å². The van der Waals surface area contributed by atoms with Crippen LogP contribution in [0.3, 0.4) is 0 Å². The Morgan fingerprint density at radius 1 is 1.20 bits per heavy atom. The van der Waals surface area contributed by atoms with Gasteiger partial charge in [0.25, 0.3) is 0 Å². The summed E-state index contributed by atoms with van der Waals surface area (Å²) in [5.41, 5.74) is 0. The van der Waals surface area contributed by atoms with Crippen LogP contribution in [0.25, 0.3) is 0 Å². The van der Waals surface area contributed by atoms with Crippen LogP contribution >= 0.6 is 0 Å². The second kappa shape index (κ2) is 4.26. The Bertz CT molecular complexity index is 429. The molecular weight excluding hydrogens is 279 g/mol. The van der Waals surface area contributed by atoms with E-state index in [-0.39, 0.29) is 31.3 Å². The molecule has 5 heteroatoms. The summed E-state index contributed by atoms with van der Waals surface area (Å²) in [6.07, 6.45) is -0.671. The molecular formula is C10H12O3SSe. The topological polar surface area (TPSA) is 54.4 Å². The first-order valence-electron chi connectivity index (χ1n) is 4.67. The Kier molecular flexibility index (Phi) is 3.16. The average molecular weight is 291 g/mol. The first-order chi connectivity index (χ1) is 7.07. The van der Waals surface area contributed by atoms with E-state index in [9.17, 15) is 13.5 Å². The van der Waals surface area contributed by atoms with Gasteiger partial charge in [0.15, 0.2) is 0 Å². The molecule has 82 valence electrons.